The van der Waals surface area contributed by atoms with Crippen molar-refractivity contribution >= 4 is 5.91 Å². The van der Waals surface area contributed by atoms with E-state index in [-0.39, 0.29) is 18.6 Å². The minimum atomic E-state index is 0.0136. The minimum Gasteiger partial charge on any atom is -0.368 e. The molecule has 2 aromatic heterocycles. The highest BCUT2D eigenvalue weighted by Crippen LogP contribution is 2.18. The second kappa shape index (κ2) is 9.93. The second-order valence-corrected chi connectivity index (χ2v) is 7.86. The molecule has 0 spiro atoms. The van der Waals surface area contributed by atoms with Gasteiger partial charge in [-0.1, -0.05) is 18.0 Å². The van der Waals surface area contributed by atoms with Gasteiger partial charge in [0.05, 0.1) is 12.6 Å². The molecule has 2 aliphatic rings. The van der Waals surface area contributed by atoms with Crippen molar-refractivity contribution in [2.45, 2.75) is 51.2 Å². The van der Waals surface area contributed by atoms with E-state index in [1.807, 2.05) is 17.0 Å². The summed E-state index contributed by atoms with van der Waals surface area (Å²) < 4.78 is 11.3. The fourth-order valence-corrected chi connectivity index (χ4v) is 4.00. The van der Waals surface area contributed by atoms with Crippen LogP contribution >= 0.6 is 0 Å². The van der Waals surface area contributed by atoms with Crippen LogP contribution in [0.1, 0.15) is 44.3 Å². The first-order chi connectivity index (χ1) is 14.3. The van der Waals surface area contributed by atoms with Crippen LogP contribution in [0, 0.1) is 0 Å². The summed E-state index contributed by atoms with van der Waals surface area (Å²) in [5.74, 6) is 1.20. The number of pyridine rings is 1. The van der Waals surface area contributed by atoms with E-state index in [1.54, 1.807) is 12.4 Å². The molecule has 2 saturated heterocycles. The number of piperidine rings is 1. The van der Waals surface area contributed by atoms with Crippen molar-refractivity contribution in [1.29, 1.82) is 0 Å². The first-order valence-electron chi connectivity index (χ1n) is 10.6. The lowest BCUT2D eigenvalue weighted by Gasteiger charge is -2.34. The van der Waals surface area contributed by atoms with Crippen molar-refractivity contribution in [3.8, 4) is 11.5 Å². The minimum absolute atomic E-state index is 0.0136. The third kappa shape index (κ3) is 5.61. The highest BCUT2D eigenvalue weighted by Gasteiger charge is 2.26. The Morgan fingerprint density at radius 1 is 1.10 bits per heavy atom. The molecule has 8 nitrogen and oxygen atoms in total. The number of ether oxygens (including phenoxy) is 1. The zero-order chi connectivity index (χ0) is 19.9. The predicted molar refractivity (Wildman–Crippen MR) is 107 cm³/mol. The number of nitrogens with zero attached hydrogens (tertiary/aromatic N) is 5. The summed E-state index contributed by atoms with van der Waals surface area (Å²) in [6.07, 6.45) is 10.3. The first-order valence-corrected chi connectivity index (χ1v) is 10.6. The maximum atomic E-state index is 12.7. The lowest BCUT2D eigenvalue weighted by atomic mass is 10.1. The molecule has 0 aliphatic carbocycles. The normalized spacial score (nSPS) is 21.1. The Morgan fingerprint density at radius 3 is 2.69 bits per heavy atom. The quantitative estimate of drug-likeness (QED) is 0.738. The van der Waals surface area contributed by atoms with E-state index in [2.05, 4.69) is 20.0 Å². The first kappa shape index (κ1) is 20.0. The molecule has 0 radical (unpaired) electrons. The van der Waals surface area contributed by atoms with Gasteiger partial charge >= 0.3 is 0 Å². The molecule has 0 N–H and O–H groups in total. The van der Waals surface area contributed by atoms with Gasteiger partial charge < -0.3 is 14.2 Å². The molecule has 1 atom stereocenters. The molecule has 4 heterocycles. The molecule has 156 valence electrons. The lowest BCUT2D eigenvalue weighted by Crippen LogP contribution is -2.47. The number of rotatable bonds is 6. The second-order valence-electron chi connectivity index (χ2n) is 7.86. The maximum Gasteiger partial charge on any atom is 0.258 e. The zero-order valence-electron chi connectivity index (χ0n) is 16.8. The van der Waals surface area contributed by atoms with Gasteiger partial charge in [-0.3, -0.25) is 14.7 Å². The fourth-order valence-electron chi connectivity index (χ4n) is 4.00. The molecule has 2 aliphatic heterocycles. The maximum absolute atomic E-state index is 12.7. The molecule has 0 bridgehead atoms. The standard InChI is InChI=1S/C21H29N5O3/c27-20(15-25-11-3-1-2-4-12-25)26-13-5-6-18(14-26)28-16-19-23-21(29-24-19)17-7-9-22-10-8-17/h7-10,18H,1-6,11-16H2. The van der Waals surface area contributed by atoms with Crippen molar-refractivity contribution < 1.29 is 14.1 Å². The summed E-state index contributed by atoms with van der Waals surface area (Å²) in [7, 11) is 0. The summed E-state index contributed by atoms with van der Waals surface area (Å²) >= 11 is 0. The van der Waals surface area contributed by atoms with Crippen molar-refractivity contribution in [2.24, 2.45) is 0 Å². The molecule has 0 saturated carbocycles. The van der Waals surface area contributed by atoms with E-state index in [9.17, 15) is 4.79 Å². The number of likely N-dealkylation sites (tertiary alicyclic amines) is 2. The van der Waals surface area contributed by atoms with E-state index in [0.717, 1.165) is 38.0 Å². The summed E-state index contributed by atoms with van der Waals surface area (Å²) in [6, 6.07) is 3.65. The summed E-state index contributed by atoms with van der Waals surface area (Å²) in [6.45, 7) is 4.36. The van der Waals surface area contributed by atoms with Gasteiger partial charge in [0, 0.05) is 31.0 Å². The van der Waals surface area contributed by atoms with Gasteiger partial charge in [-0.15, -0.1) is 0 Å². The highest BCUT2D eigenvalue weighted by atomic mass is 16.5. The molecule has 1 unspecified atom stereocenters. The van der Waals surface area contributed by atoms with Gasteiger partial charge in [0.25, 0.3) is 5.89 Å². The molecule has 8 heteroatoms. The topological polar surface area (TPSA) is 84.6 Å². The summed E-state index contributed by atoms with van der Waals surface area (Å²) in [5, 5.41) is 4.00. The van der Waals surface area contributed by atoms with Crippen molar-refractivity contribution in [1.82, 2.24) is 24.9 Å². The van der Waals surface area contributed by atoms with Crippen molar-refractivity contribution in [2.75, 3.05) is 32.7 Å². The Bertz CT molecular complexity index is 774. The number of carbonyl (C=O) groups excluding carboxylic acids is 1. The van der Waals surface area contributed by atoms with Crippen LogP contribution in [-0.2, 0) is 16.1 Å². The Kier molecular flexibility index (Phi) is 6.84. The Labute approximate surface area is 171 Å². The molecule has 0 aromatic carbocycles. The Morgan fingerprint density at radius 2 is 1.90 bits per heavy atom. The average Bonchev–Trinajstić information content (AvgIpc) is 3.10. The average molecular weight is 399 g/mol. The molecule has 29 heavy (non-hydrogen) atoms. The molecule has 2 aromatic rings. The molecular formula is C21H29N5O3. The number of aromatic nitrogens is 3. The summed E-state index contributed by atoms with van der Waals surface area (Å²) in [4.78, 5) is 25.4. The highest BCUT2D eigenvalue weighted by molar-refractivity contribution is 5.78. The molecule has 4 rings (SSSR count). The van der Waals surface area contributed by atoms with E-state index >= 15 is 0 Å². The smallest absolute Gasteiger partial charge is 0.258 e. The Hall–Kier alpha value is -2.32. The van der Waals surface area contributed by atoms with Gasteiger partial charge in [0.1, 0.15) is 6.61 Å². The summed E-state index contributed by atoms with van der Waals surface area (Å²) in [5.41, 5.74) is 0.835. The van der Waals surface area contributed by atoms with Crippen LogP contribution in [0.5, 0.6) is 0 Å². The third-order valence-corrected chi connectivity index (χ3v) is 5.63. The number of amides is 1. The number of hydrogen-bond donors (Lipinski definition) is 0. The number of carbonyl (C=O) groups is 1. The largest absolute Gasteiger partial charge is 0.368 e. The van der Waals surface area contributed by atoms with Crippen molar-refractivity contribution in [3.63, 3.8) is 0 Å². The lowest BCUT2D eigenvalue weighted by molar-refractivity contribution is -0.136. The fraction of sp³-hybridized carbons (Fsp3) is 0.619. The van der Waals surface area contributed by atoms with Crippen LogP contribution in [0.4, 0.5) is 0 Å². The number of hydrogen-bond acceptors (Lipinski definition) is 7. The van der Waals surface area contributed by atoms with E-state index in [4.69, 9.17) is 9.26 Å². The van der Waals surface area contributed by atoms with Gasteiger partial charge in [0.2, 0.25) is 5.91 Å². The van der Waals surface area contributed by atoms with Crippen LogP contribution in [-0.4, -0.2) is 69.7 Å². The monoisotopic (exact) mass is 399 g/mol. The van der Waals surface area contributed by atoms with Gasteiger partial charge in [0.15, 0.2) is 5.82 Å². The van der Waals surface area contributed by atoms with Crippen LogP contribution in [0.2, 0.25) is 0 Å². The molecule has 2 fully saturated rings. The third-order valence-electron chi connectivity index (χ3n) is 5.63. The van der Waals surface area contributed by atoms with Crippen LogP contribution in [0.25, 0.3) is 11.5 Å². The Balaban J connectivity index is 1.25. The van der Waals surface area contributed by atoms with Gasteiger partial charge in [-0.25, -0.2) is 0 Å². The van der Waals surface area contributed by atoms with Crippen molar-refractivity contribution in [3.05, 3.63) is 30.4 Å². The molecular weight excluding hydrogens is 370 g/mol. The van der Waals surface area contributed by atoms with Crippen LogP contribution < -0.4 is 0 Å². The zero-order valence-corrected chi connectivity index (χ0v) is 16.8. The van der Waals surface area contributed by atoms with Crippen LogP contribution in [0.3, 0.4) is 0 Å². The van der Waals surface area contributed by atoms with E-state index < -0.39 is 0 Å². The van der Waals surface area contributed by atoms with E-state index in [1.165, 1.54) is 25.7 Å². The van der Waals surface area contributed by atoms with Crippen LogP contribution in [0.15, 0.2) is 29.0 Å². The van der Waals surface area contributed by atoms with Gasteiger partial charge in [-0.05, 0) is 50.9 Å². The van der Waals surface area contributed by atoms with Gasteiger partial charge in [-0.2, -0.15) is 4.98 Å². The van der Waals surface area contributed by atoms with E-state index in [0.29, 0.717) is 24.8 Å². The SMILES string of the molecule is O=C(CN1CCCCCC1)N1CCCC(OCc2noc(-c3ccncc3)n2)C1. The molecule has 1 amide bonds. The predicted octanol–water partition coefficient (Wildman–Crippen LogP) is 2.52.